The van der Waals surface area contributed by atoms with Gasteiger partial charge in [0, 0.05) is 25.2 Å². The van der Waals surface area contributed by atoms with Crippen LogP contribution in [0.4, 0.5) is 0 Å². The molecule has 0 aliphatic heterocycles. The van der Waals surface area contributed by atoms with Crippen molar-refractivity contribution in [1.82, 2.24) is 15.5 Å². The third-order valence-corrected chi connectivity index (χ3v) is 3.20. The largest absolute Gasteiger partial charge is 0.492 e. The Morgan fingerprint density at radius 3 is 2.54 bits per heavy atom. The molecule has 0 amide bonds. The second kappa shape index (κ2) is 13.3. The zero-order chi connectivity index (χ0) is 17.1. The Hall–Kier alpha value is -1.02. The minimum Gasteiger partial charge on any atom is -0.492 e. The monoisotopic (exact) mass is 448 g/mol. The van der Waals surface area contributed by atoms with E-state index in [1.54, 1.807) is 0 Å². The van der Waals surface area contributed by atoms with Gasteiger partial charge in [0.2, 0.25) is 0 Å². The number of likely N-dealkylation sites (N-methyl/N-ethyl adjacent to an activating group) is 1. The lowest BCUT2D eigenvalue weighted by Crippen LogP contribution is -2.39. The molecule has 0 atom stereocenters. The maximum Gasteiger partial charge on any atom is 0.191 e. The zero-order valence-corrected chi connectivity index (χ0v) is 18.0. The van der Waals surface area contributed by atoms with Crippen LogP contribution in [0.2, 0.25) is 0 Å². The van der Waals surface area contributed by atoms with Crippen LogP contribution in [-0.4, -0.2) is 51.2 Å². The molecular weight excluding hydrogens is 415 g/mol. The van der Waals surface area contributed by atoms with Gasteiger partial charge in [0.15, 0.2) is 5.96 Å². The first-order chi connectivity index (χ1) is 11.0. The van der Waals surface area contributed by atoms with Crippen molar-refractivity contribution >= 4 is 29.9 Å². The van der Waals surface area contributed by atoms with E-state index in [4.69, 9.17) is 4.74 Å². The number of nitrogens with one attached hydrogen (secondary N) is 2. The minimum atomic E-state index is 0. The number of ether oxygens (including phenoxy) is 1. The highest BCUT2D eigenvalue weighted by Gasteiger charge is 2.04. The molecule has 0 radical (unpaired) electrons. The van der Waals surface area contributed by atoms with E-state index in [2.05, 4.69) is 47.4 Å². The number of benzene rings is 1. The van der Waals surface area contributed by atoms with Gasteiger partial charge in [0.25, 0.3) is 0 Å². The van der Waals surface area contributed by atoms with Crippen molar-refractivity contribution in [2.75, 3.05) is 40.3 Å². The fourth-order valence-electron chi connectivity index (χ4n) is 1.92. The summed E-state index contributed by atoms with van der Waals surface area (Å²) in [5.41, 5.74) is 1.10. The first kappa shape index (κ1) is 23.0. The van der Waals surface area contributed by atoms with Crippen molar-refractivity contribution < 1.29 is 4.74 Å². The molecule has 1 rings (SSSR count). The van der Waals surface area contributed by atoms with Crippen molar-refractivity contribution in [1.29, 1.82) is 0 Å². The molecule has 0 unspecified atom stereocenters. The van der Waals surface area contributed by atoms with Crippen LogP contribution in [0.3, 0.4) is 0 Å². The van der Waals surface area contributed by atoms with Gasteiger partial charge in [-0.2, -0.15) is 0 Å². The molecule has 0 heterocycles. The number of para-hydroxylation sites is 1. The minimum absolute atomic E-state index is 0. The summed E-state index contributed by atoms with van der Waals surface area (Å²) in [7, 11) is 4.09. The summed E-state index contributed by atoms with van der Waals surface area (Å²) in [4.78, 5) is 6.77. The van der Waals surface area contributed by atoms with E-state index < -0.39 is 0 Å². The average Bonchev–Trinajstić information content (AvgIpc) is 2.50. The SMILES string of the molecule is CCNC(=NCc1ccccc1OCCN(C)C)NCC(C)C.I. The Bertz CT molecular complexity index is 478. The molecule has 0 saturated heterocycles. The van der Waals surface area contributed by atoms with E-state index in [9.17, 15) is 0 Å². The Balaban J connectivity index is 0.00000529. The molecule has 0 saturated carbocycles. The summed E-state index contributed by atoms with van der Waals surface area (Å²) in [6, 6.07) is 8.11. The maximum absolute atomic E-state index is 5.89. The summed E-state index contributed by atoms with van der Waals surface area (Å²) in [5.74, 6) is 2.35. The molecule has 138 valence electrons. The summed E-state index contributed by atoms with van der Waals surface area (Å²) in [5, 5.41) is 6.64. The first-order valence-electron chi connectivity index (χ1n) is 8.40. The summed E-state index contributed by atoms with van der Waals surface area (Å²) in [6.45, 7) is 10.4. The smallest absolute Gasteiger partial charge is 0.191 e. The lowest BCUT2D eigenvalue weighted by Gasteiger charge is -2.15. The van der Waals surface area contributed by atoms with Gasteiger partial charge in [-0.05, 0) is 33.0 Å². The predicted octanol–water partition coefficient (Wildman–Crippen LogP) is 2.96. The van der Waals surface area contributed by atoms with Gasteiger partial charge in [-0.15, -0.1) is 24.0 Å². The van der Waals surface area contributed by atoms with Crippen molar-refractivity contribution in [3.63, 3.8) is 0 Å². The van der Waals surface area contributed by atoms with E-state index in [0.29, 0.717) is 19.1 Å². The second-order valence-electron chi connectivity index (χ2n) is 6.23. The normalized spacial score (nSPS) is 11.4. The van der Waals surface area contributed by atoms with E-state index >= 15 is 0 Å². The van der Waals surface area contributed by atoms with Gasteiger partial charge >= 0.3 is 0 Å². The molecule has 2 N–H and O–H groups in total. The van der Waals surface area contributed by atoms with Crippen LogP contribution in [0.25, 0.3) is 0 Å². The quantitative estimate of drug-likeness (QED) is 0.347. The molecule has 1 aromatic carbocycles. The standard InChI is InChI=1S/C18H32N4O.HI/c1-6-19-18(20-13-15(2)3)21-14-16-9-7-8-10-17(16)23-12-11-22(4)5;/h7-10,15H,6,11-14H2,1-5H3,(H2,19,20,21);1H. The van der Waals surface area contributed by atoms with E-state index in [1.165, 1.54) is 0 Å². The Morgan fingerprint density at radius 2 is 1.92 bits per heavy atom. The van der Waals surface area contributed by atoms with Crippen LogP contribution in [0.1, 0.15) is 26.3 Å². The van der Waals surface area contributed by atoms with Gasteiger partial charge < -0.3 is 20.3 Å². The van der Waals surface area contributed by atoms with Gasteiger partial charge in [0.1, 0.15) is 12.4 Å². The number of aliphatic imine (C=N–C) groups is 1. The van der Waals surface area contributed by atoms with Gasteiger partial charge in [-0.1, -0.05) is 32.0 Å². The van der Waals surface area contributed by atoms with Crippen LogP contribution in [0.5, 0.6) is 5.75 Å². The van der Waals surface area contributed by atoms with E-state index in [0.717, 1.165) is 36.9 Å². The van der Waals surface area contributed by atoms with Crippen molar-refractivity contribution in [3.05, 3.63) is 29.8 Å². The molecule has 1 aromatic rings. The zero-order valence-electron chi connectivity index (χ0n) is 15.6. The molecule has 0 spiro atoms. The van der Waals surface area contributed by atoms with Gasteiger partial charge in [-0.3, -0.25) is 0 Å². The molecule has 0 bridgehead atoms. The van der Waals surface area contributed by atoms with Crippen molar-refractivity contribution in [2.45, 2.75) is 27.3 Å². The molecular formula is C18H33IN4O. The molecule has 24 heavy (non-hydrogen) atoms. The average molecular weight is 448 g/mol. The molecule has 0 aliphatic rings. The third kappa shape index (κ3) is 9.97. The number of hydrogen-bond acceptors (Lipinski definition) is 3. The lowest BCUT2D eigenvalue weighted by atomic mass is 10.2. The fraction of sp³-hybridized carbons (Fsp3) is 0.611. The summed E-state index contributed by atoms with van der Waals surface area (Å²) >= 11 is 0. The molecule has 0 fully saturated rings. The Labute approximate surface area is 164 Å². The Kier molecular flexibility index (Phi) is 12.7. The number of halogens is 1. The number of guanidine groups is 1. The molecule has 0 aromatic heterocycles. The highest BCUT2D eigenvalue weighted by molar-refractivity contribution is 14.0. The van der Waals surface area contributed by atoms with Crippen LogP contribution in [0.15, 0.2) is 29.3 Å². The molecule has 0 aliphatic carbocycles. The van der Waals surface area contributed by atoms with Crippen LogP contribution in [0, 0.1) is 5.92 Å². The molecule has 5 nitrogen and oxygen atoms in total. The van der Waals surface area contributed by atoms with Gasteiger partial charge in [-0.25, -0.2) is 4.99 Å². The highest BCUT2D eigenvalue weighted by atomic mass is 127. The van der Waals surface area contributed by atoms with Crippen LogP contribution in [-0.2, 0) is 6.54 Å². The van der Waals surface area contributed by atoms with Crippen molar-refractivity contribution in [3.8, 4) is 5.75 Å². The number of hydrogen-bond donors (Lipinski definition) is 2. The second-order valence-corrected chi connectivity index (χ2v) is 6.23. The van der Waals surface area contributed by atoms with E-state index in [-0.39, 0.29) is 24.0 Å². The third-order valence-electron chi connectivity index (χ3n) is 3.20. The maximum atomic E-state index is 5.89. The topological polar surface area (TPSA) is 48.9 Å². The summed E-state index contributed by atoms with van der Waals surface area (Å²) in [6.07, 6.45) is 0. The van der Waals surface area contributed by atoms with Crippen LogP contribution < -0.4 is 15.4 Å². The van der Waals surface area contributed by atoms with Crippen molar-refractivity contribution in [2.24, 2.45) is 10.9 Å². The summed E-state index contributed by atoms with van der Waals surface area (Å²) < 4.78 is 5.89. The fourth-order valence-corrected chi connectivity index (χ4v) is 1.92. The predicted molar refractivity (Wildman–Crippen MR) is 114 cm³/mol. The van der Waals surface area contributed by atoms with Crippen LogP contribution >= 0.6 is 24.0 Å². The molecule has 6 heteroatoms. The van der Waals surface area contributed by atoms with Gasteiger partial charge in [0.05, 0.1) is 6.54 Å². The first-order valence-corrected chi connectivity index (χ1v) is 8.40. The lowest BCUT2D eigenvalue weighted by molar-refractivity contribution is 0.259. The number of nitrogens with zero attached hydrogens (tertiary/aromatic N) is 2. The number of rotatable bonds is 9. The highest BCUT2D eigenvalue weighted by Crippen LogP contribution is 2.18. The van der Waals surface area contributed by atoms with E-state index in [1.807, 2.05) is 32.3 Å². The Morgan fingerprint density at radius 1 is 1.21 bits per heavy atom.